The lowest BCUT2D eigenvalue weighted by atomic mass is 10.1. The maximum atomic E-state index is 11.3. The van der Waals surface area contributed by atoms with Gasteiger partial charge in [0, 0.05) is 25.1 Å². The summed E-state index contributed by atoms with van der Waals surface area (Å²) in [4.78, 5) is 22.3. The van der Waals surface area contributed by atoms with E-state index in [2.05, 4.69) is 10.1 Å². The van der Waals surface area contributed by atoms with E-state index in [9.17, 15) is 9.59 Å². The second kappa shape index (κ2) is 7.45. The fourth-order valence-corrected chi connectivity index (χ4v) is 1.46. The predicted octanol–water partition coefficient (Wildman–Crippen LogP) is 1.08. The van der Waals surface area contributed by atoms with Crippen molar-refractivity contribution in [3.05, 3.63) is 29.8 Å². The number of esters is 1. The number of aryl methyl sites for hydroxylation is 1. The highest BCUT2D eigenvalue weighted by molar-refractivity contribution is 5.90. The van der Waals surface area contributed by atoms with Gasteiger partial charge in [-0.3, -0.25) is 9.59 Å². The van der Waals surface area contributed by atoms with Gasteiger partial charge >= 0.3 is 5.97 Å². The van der Waals surface area contributed by atoms with Gasteiger partial charge in [-0.1, -0.05) is 12.1 Å². The van der Waals surface area contributed by atoms with Crippen molar-refractivity contribution >= 4 is 17.6 Å². The topological polar surface area (TPSA) is 81.4 Å². The molecular weight excluding hydrogens is 232 g/mol. The van der Waals surface area contributed by atoms with E-state index >= 15 is 0 Å². The SMILES string of the molecule is COC(=O)CCc1ccc(NC(=O)CCN)cc1. The molecule has 0 fully saturated rings. The van der Waals surface area contributed by atoms with Crippen LogP contribution in [-0.4, -0.2) is 25.5 Å². The Kier molecular flexibility index (Phi) is 5.87. The molecule has 0 unspecified atom stereocenters. The summed E-state index contributed by atoms with van der Waals surface area (Å²) in [7, 11) is 1.37. The summed E-state index contributed by atoms with van der Waals surface area (Å²) < 4.78 is 4.57. The first-order valence-electron chi connectivity index (χ1n) is 5.81. The molecular formula is C13H18N2O3. The first-order chi connectivity index (χ1) is 8.65. The number of methoxy groups -OCH3 is 1. The van der Waals surface area contributed by atoms with Crippen molar-refractivity contribution in [3.8, 4) is 0 Å². The lowest BCUT2D eigenvalue weighted by Crippen LogP contribution is -2.16. The molecule has 1 aromatic carbocycles. The van der Waals surface area contributed by atoms with Crippen LogP contribution in [0, 0.1) is 0 Å². The number of amides is 1. The molecule has 0 saturated carbocycles. The number of nitrogens with two attached hydrogens (primary N) is 1. The second-order valence-corrected chi connectivity index (χ2v) is 3.86. The van der Waals surface area contributed by atoms with Crippen LogP contribution in [-0.2, 0) is 20.7 Å². The molecule has 3 N–H and O–H groups in total. The van der Waals surface area contributed by atoms with E-state index in [0.29, 0.717) is 25.8 Å². The molecule has 98 valence electrons. The first kappa shape index (κ1) is 14.2. The van der Waals surface area contributed by atoms with Crippen LogP contribution in [0.15, 0.2) is 24.3 Å². The van der Waals surface area contributed by atoms with Gasteiger partial charge in [0.1, 0.15) is 0 Å². The van der Waals surface area contributed by atoms with Crippen molar-refractivity contribution in [3.63, 3.8) is 0 Å². The molecule has 0 atom stereocenters. The van der Waals surface area contributed by atoms with E-state index in [1.807, 2.05) is 12.1 Å². The van der Waals surface area contributed by atoms with E-state index in [4.69, 9.17) is 5.73 Å². The van der Waals surface area contributed by atoms with Crippen LogP contribution in [0.5, 0.6) is 0 Å². The summed E-state index contributed by atoms with van der Waals surface area (Å²) in [6.07, 6.45) is 1.29. The zero-order chi connectivity index (χ0) is 13.4. The Morgan fingerprint density at radius 3 is 2.44 bits per heavy atom. The van der Waals surface area contributed by atoms with Gasteiger partial charge in [0.15, 0.2) is 0 Å². The highest BCUT2D eigenvalue weighted by Gasteiger charge is 2.03. The molecule has 0 heterocycles. The van der Waals surface area contributed by atoms with Crippen LogP contribution in [0.1, 0.15) is 18.4 Å². The van der Waals surface area contributed by atoms with Gasteiger partial charge < -0.3 is 15.8 Å². The van der Waals surface area contributed by atoms with Gasteiger partial charge in [-0.15, -0.1) is 0 Å². The summed E-state index contributed by atoms with van der Waals surface area (Å²) in [5.41, 5.74) is 7.04. The predicted molar refractivity (Wildman–Crippen MR) is 69.1 cm³/mol. The van der Waals surface area contributed by atoms with Crippen LogP contribution < -0.4 is 11.1 Å². The molecule has 0 aliphatic carbocycles. The maximum absolute atomic E-state index is 11.3. The van der Waals surface area contributed by atoms with Gasteiger partial charge in [0.05, 0.1) is 7.11 Å². The molecule has 0 bridgehead atoms. The highest BCUT2D eigenvalue weighted by Crippen LogP contribution is 2.11. The maximum Gasteiger partial charge on any atom is 0.305 e. The molecule has 1 rings (SSSR count). The number of ether oxygens (including phenoxy) is 1. The van der Waals surface area contributed by atoms with Crippen molar-refractivity contribution in [2.75, 3.05) is 19.0 Å². The van der Waals surface area contributed by atoms with Gasteiger partial charge in [0.2, 0.25) is 5.91 Å². The van der Waals surface area contributed by atoms with Gasteiger partial charge in [-0.2, -0.15) is 0 Å². The monoisotopic (exact) mass is 250 g/mol. The fourth-order valence-electron chi connectivity index (χ4n) is 1.46. The number of hydrogen-bond donors (Lipinski definition) is 2. The van der Waals surface area contributed by atoms with Crippen LogP contribution in [0.25, 0.3) is 0 Å². The van der Waals surface area contributed by atoms with Gasteiger partial charge in [-0.25, -0.2) is 0 Å². The van der Waals surface area contributed by atoms with Crippen molar-refractivity contribution in [1.82, 2.24) is 0 Å². The molecule has 18 heavy (non-hydrogen) atoms. The zero-order valence-electron chi connectivity index (χ0n) is 10.4. The Bertz CT molecular complexity index is 401. The molecule has 0 aliphatic rings. The van der Waals surface area contributed by atoms with E-state index in [1.165, 1.54) is 7.11 Å². The summed E-state index contributed by atoms with van der Waals surface area (Å²) in [6, 6.07) is 7.37. The largest absolute Gasteiger partial charge is 0.469 e. The van der Waals surface area contributed by atoms with E-state index < -0.39 is 0 Å². The number of rotatable bonds is 6. The molecule has 5 heteroatoms. The Labute approximate surface area is 106 Å². The smallest absolute Gasteiger partial charge is 0.305 e. The number of nitrogens with one attached hydrogen (secondary N) is 1. The molecule has 1 aromatic rings. The summed E-state index contributed by atoms with van der Waals surface area (Å²) >= 11 is 0. The van der Waals surface area contributed by atoms with Crippen LogP contribution >= 0.6 is 0 Å². The number of benzene rings is 1. The molecule has 5 nitrogen and oxygen atoms in total. The molecule has 0 aliphatic heterocycles. The Hall–Kier alpha value is -1.88. The average molecular weight is 250 g/mol. The van der Waals surface area contributed by atoms with Crippen LogP contribution in [0.3, 0.4) is 0 Å². The average Bonchev–Trinajstić information content (AvgIpc) is 2.37. The molecule has 0 spiro atoms. The summed E-state index contributed by atoms with van der Waals surface area (Å²) in [6.45, 7) is 0.336. The van der Waals surface area contributed by atoms with Crippen LogP contribution in [0.2, 0.25) is 0 Å². The molecule has 0 radical (unpaired) electrons. The third-order valence-corrected chi connectivity index (χ3v) is 2.45. The molecule has 0 aromatic heterocycles. The summed E-state index contributed by atoms with van der Waals surface area (Å²) in [5, 5.41) is 2.74. The molecule has 0 saturated heterocycles. The minimum atomic E-state index is -0.227. The van der Waals surface area contributed by atoms with Crippen molar-refractivity contribution in [1.29, 1.82) is 0 Å². The Morgan fingerprint density at radius 1 is 1.22 bits per heavy atom. The first-order valence-corrected chi connectivity index (χ1v) is 5.81. The van der Waals surface area contributed by atoms with Crippen molar-refractivity contribution in [2.24, 2.45) is 5.73 Å². The van der Waals surface area contributed by atoms with E-state index in [1.54, 1.807) is 12.1 Å². The third kappa shape index (κ3) is 4.97. The Morgan fingerprint density at radius 2 is 1.89 bits per heavy atom. The Balaban J connectivity index is 2.47. The lowest BCUT2D eigenvalue weighted by molar-refractivity contribution is -0.140. The third-order valence-electron chi connectivity index (χ3n) is 2.45. The number of carbonyl (C=O) groups is 2. The minimum absolute atomic E-state index is 0.0974. The molecule has 1 amide bonds. The number of anilines is 1. The van der Waals surface area contributed by atoms with E-state index in [-0.39, 0.29) is 11.9 Å². The fraction of sp³-hybridized carbons (Fsp3) is 0.385. The summed E-state index contributed by atoms with van der Waals surface area (Å²) in [5.74, 6) is -0.324. The number of carbonyl (C=O) groups excluding carboxylic acids is 2. The number of hydrogen-bond acceptors (Lipinski definition) is 4. The van der Waals surface area contributed by atoms with E-state index in [0.717, 1.165) is 11.3 Å². The minimum Gasteiger partial charge on any atom is -0.469 e. The second-order valence-electron chi connectivity index (χ2n) is 3.86. The van der Waals surface area contributed by atoms with Gasteiger partial charge in [-0.05, 0) is 24.1 Å². The van der Waals surface area contributed by atoms with Crippen LogP contribution in [0.4, 0.5) is 5.69 Å². The van der Waals surface area contributed by atoms with Gasteiger partial charge in [0.25, 0.3) is 0 Å². The van der Waals surface area contributed by atoms with Crippen molar-refractivity contribution < 1.29 is 14.3 Å². The zero-order valence-corrected chi connectivity index (χ0v) is 10.4. The standard InChI is InChI=1S/C13H18N2O3/c1-18-13(17)7-4-10-2-5-11(6-3-10)15-12(16)8-9-14/h2-3,5-6H,4,7-9,14H2,1H3,(H,15,16). The van der Waals surface area contributed by atoms with Crippen molar-refractivity contribution in [2.45, 2.75) is 19.3 Å². The highest BCUT2D eigenvalue weighted by atomic mass is 16.5. The lowest BCUT2D eigenvalue weighted by Gasteiger charge is -2.05. The normalized spacial score (nSPS) is 9.89. The quantitative estimate of drug-likeness (QED) is 0.740.